The monoisotopic (exact) mass is 287 g/mol. The number of rotatable bonds is 7. The summed E-state index contributed by atoms with van der Waals surface area (Å²) in [5.74, 6) is 1.69. The van der Waals surface area contributed by atoms with Crippen molar-refractivity contribution in [3.63, 3.8) is 0 Å². The van der Waals surface area contributed by atoms with Gasteiger partial charge in [0, 0.05) is 12.8 Å². The predicted octanol–water partition coefficient (Wildman–Crippen LogP) is 3.49. The van der Waals surface area contributed by atoms with E-state index in [2.05, 4.69) is 12.2 Å². The predicted molar refractivity (Wildman–Crippen MR) is 81.2 cm³/mol. The number of carbonyl (C=O) groups excluding carboxylic acids is 1. The average molecular weight is 287 g/mol. The Bertz CT molecular complexity index is 546. The molecule has 1 atom stereocenters. The topological polar surface area (TPSA) is 51.5 Å². The maximum absolute atomic E-state index is 12.0. The first-order valence-corrected chi connectivity index (χ1v) is 7.18. The lowest BCUT2D eigenvalue weighted by atomic mass is 10.0. The highest BCUT2D eigenvalue weighted by atomic mass is 16.5. The van der Waals surface area contributed by atoms with Gasteiger partial charge in [0.2, 0.25) is 5.91 Å². The van der Waals surface area contributed by atoms with Gasteiger partial charge in [-0.1, -0.05) is 19.1 Å². The van der Waals surface area contributed by atoms with Gasteiger partial charge in [-0.05, 0) is 36.2 Å². The van der Waals surface area contributed by atoms with Crippen LogP contribution in [0.3, 0.4) is 0 Å². The van der Waals surface area contributed by atoms with Gasteiger partial charge in [0.05, 0.1) is 19.4 Å². The van der Waals surface area contributed by atoms with Crippen LogP contribution >= 0.6 is 0 Å². The fourth-order valence-electron chi connectivity index (χ4n) is 2.22. The minimum absolute atomic E-state index is 0.0278. The summed E-state index contributed by atoms with van der Waals surface area (Å²) in [6, 6.07) is 11.5. The molecule has 2 rings (SSSR count). The molecular weight excluding hydrogens is 266 g/mol. The van der Waals surface area contributed by atoms with E-state index in [0.29, 0.717) is 12.8 Å². The second-order valence-corrected chi connectivity index (χ2v) is 4.88. The third-order valence-corrected chi connectivity index (χ3v) is 3.44. The SMILES string of the molecule is CCC(NC(=O)CCc1ccco1)c1ccc(OC)cc1. The van der Waals surface area contributed by atoms with Crippen LogP contribution < -0.4 is 10.1 Å². The molecule has 0 saturated carbocycles. The van der Waals surface area contributed by atoms with Crippen molar-refractivity contribution >= 4 is 5.91 Å². The lowest BCUT2D eigenvalue weighted by Crippen LogP contribution is -2.28. The zero-order valence-electron chi connectivity index (χ0n) is 12.5. The summed E-state index contributed by atoms with van der Waals surface area (Å²) in [6.45, 7) is 2.06. The molecule has 0 aliphatic heterocycles. The van der Waals surface area contributed by atoms with Gasteiger partial charge < -0.3 is 14.5 Å². The molecular formula is C17H21NO3. The molecule has 112 valence electrons. The van der Waals surface area contributed by atoms with Gasteiger partial charge in [0.25, 0.3) is 0 Å². The van der Waals surface area contributed by atoms with Crippen LogP contribution in [-0.2, 0) is 11.2 Å². The molecule has 0 fully saturated rings. The summed E-state index contributed by atoms with van der Waals surface area (Å²) in [4.78, 5) is 12.0. The molecule has 0 bridgehead atoms. The van der Waals surface area contributed by atoms with E-state index in [1.165, 1.54) is 0 Å². The fraction of sp³-hybridized carbons (Fsp3) is 0.353. The van der Waals surface area contributed by atoms with E-state index in [1.807, 2.05) is 36.4 Å². The molecule has 1 aromatic carbocycles. The van der Waals surface area contributed by atoms with Gasteiger partial charge in [-0.15, -0.1) is 0 Å². The zero-order valence-corrected chi connectivity index (χ0v) is 12.5. The first-order chi connectivity index (χ1) is 10.2. The van der Waals surface area contributed by atoms with Crippen LogP contribution in [0, 0.1) is 0 Å². The minimum atomic E-state index is 0.0278. The Morgan fingerprint density at radius 3 is 2.62 bits per heavy atom. The summed E-state index contributed by atoms with van der Waals surface area (Å²) >= 11 is 0. The van der Waals surface area contributed by atoms with Gasteiger partial charge in [-0.3, -0.25) is 4.79 Å². The van der Waals surface area contributed by atoms with Gasteiger partial charge in [-0.2, -0.15) is 0 Å². The highest BCUT2D eigenvalue weighted by Gasteiger charge is 2.13. The van der Waals surface area contributed by atoms with E-state index in [1.54, 1.807) is 13.4 Å². The fourth-order valence-corrected chi connectivity index (χ4v) is 2.22. The third kappa shape index (κ3) is 4.38. The molecule has 0 aliphatic carbocycles. The highest BCUT2D eigenvalue weighted by molar-refractivity contribution is 5.76. The number of hydrogen-bond donors (Lipinski definition) is 1. The van der Waals surface area contributed by atoms with Crippen molar-refractivity contribution in [3.8, 4) is 5.75 Å². The Balaban J connectivity index is 1.89. The van der Waals surface area contributed by atoms with Crippen molar-refractivity contribution in [1.29, 1.82) is 0 Å². The van der Waals surface area contributed by atoms with Crippen LogP contribution in [0.4, 0.5) is 0 Å². The number of aryl methyl sites for hydroxylation is 1. The normalized spacial score (nSPS) is 11.9. The molecule has 21 heavy (non-hydrogen) atoms. The number of amides is 1. The molecule has 0 spiro atoms. The number of carbonyl (C=O) groups is 1. The zero-order chi connectivity index (χ0) is 15.1. The minimum Gasteiger partial charge on any atom is -0.497 e. The maximum Gasteiger partial charge on any atom is 0.220 e. The van der Waals surface area contributed by atoms with Crippen molar-refractivity contribution < 1.29 is 13.9 Å². The van der Waals surface area contributed by atoms with Crippen LogP contribution in [0.1, 0.15) is 37.1 Å². The van der Waals surface area contributed by atoms with Gasteiger partial charge >= 0.3 is 0 Å². The molecule has 1 aromatic heterocycles. The van der Waals surface area contributed by atoms with Gasteiger partial charge in [0.1, 0.15) is 11.5 Å². The Morgan fingerprint density at radius 2 is 2.05 bits per heavy atom. The summed E-state index contributed by atoms with van der Waals surface area (Å²) in [6.07, 6.45) is 3.52. The lowest BCUT2D eigenvalue weighted by molar-refractivity contribution is -0.121. The Hall–Kier alpha value is -2.23. The van der Waals surface area contributed by atoms with Crippen LogP contribution in [-0.4, -0.2) is 13.0 Å². The number of nitrogens with one attached hydrogen (secondary N) is 1. The summed E-state index contributed by atoms with van der Waals surface area (Å²) in [7, 11) is 1.64. The molecule has 1 heterocycles. The van der Waals surface area contributed by atoms with Crippen molar-refractivity contribution in [3.05, 3.63) is 54.0 Å². The lowest BCUT2D eigenvalue weighted by Gasteiger charge is -2.17. The first kappa shape index (κ1) is 15.2. The van der Waals surface area contributed by atoms with Crippen LogP contribution in [0.15, 0.2) is 47.1 Å². The van der Waals surface area contributed by atoms with Crippen LogP contribution in [0.5, 0.6) is 5.75 Å². The number of hydrogen-bond acceptors (Lipinski definition) is 3. The van der Waals surface area contributed by atoms with Crippen molar-refractivity contribution in [2.75, 3.05) is 7.11 Å². The summed E-state index contributed by atoms with van der Waals surface area (Å²) in [5.41, 5.74) is 1.09. The standard InChI is InChI=1S/C17H21NO3/c1-3-16(13-6-8-14(20-2)9-7-13)18-17(19)11-10-15-5-4-12-21-15/h4-9,12,16H,3,10-11H2,1-2H3,(H,18,19). The Kier molecular flexibility index (Phi) is 5.43. The van der Waals surface area contributed by atoms with Crippen molar-refractivity contribution in [1.82, 2.24) is 5.32 Å². The number of ether oxygens (including phenoxy) is 1. The number of benzene rings is 1. The molecule has 1 N–H and O–H groups in total. The van der Waals surface area contributed by atoms with Crippen LogP contribution in [0.2, 0.25) is 0 Å². The average Bonchev–Trinajstić information content (AvgIpc) is 3.04. The second-order valence-electron chi connectivity index (χ2n) is 4.88. The summed E-state index contributed by atoms with van der Waals surface area (Å²) in [5, 5.41) is 3.06. The number of furan rings is 1. The van der Waals surface area contributed by atoms with E-state index in [4.69, 9.17) is 9.15 Å². The molecule has 1 amide bonds. The van der Waals surface area contributed by atoms with Gasteiger partial charge in [0.15, 0.2) is 0 Å². The summed E-state index contributed by atoms with van der Waals surface area (Å²) < 4.78 is 10.4. The van der Waals surface area contributed by atoms with E-state index < -0.39 is 0 Å². The van der Waals surface area contributed by atoms with E-state index in [9.17, 15) is 4.79 Å². The highest BCUT2D eigenvalue weighted by Crippen LogP contribution is 2.20. The van der Waals surface area contributed by atoms with Crippen molar-refractivity contribution in [2.24, 2.45) is 0 Å². The molecule has 0 aliphatic rings. The quantitative estimate of drug-likeness (QED) is 0.848. The maximum atomic E-state index is 12.0. The molecule has 0 radical (unpaired) electrons. The second kappa shape index (κ2) is 7.53. The Labute approximate surface area is 125 Å². The van der Waals surface area contributed by atoms with Gasteiger partial charge in [-0.25, -0.2) is 0 Å². The smallest absolute Gasteiger partial charge is 0.220 e. The molecule has 1 unspecified atom stereocenters. The van der Waals surface area contributed by atoms with E-state index >= 15 is 0 Å². The Morgan fingerprint density at radius 1 is 1.29 bits per heavy atom. The molecule has 2 aromatic rings. The molecule has 0 saturated heterocycles. The van der Waals surface area contributed by atoms with Crippen molar-refractivity contribution in [2.45, 2.75) is 32.2 Å². The van der Waals surface area contributed by atoms with E-state index in [-0.39, 0.29) is 11.9 Å². The molecule has 4 nitrogen and oxygen atoms in total. The van der Waals surface area contributed by atoms with Crippen LogP contribution in [0.25, 0.3) is 0 Å². The molecule has 4 heteroatoms. The third-order valence-electron chi connectivity index (χ3n) is 3.44. The largest absolute Gasteiger partial charge is 0.497 e. The van der Waals surface area contributed by atoms with E-state index in [0.717, 1.165) is 23.5 Å². The number of methoxy groups -OCH3 is 1. The first-order valence-electron chi connectivity index (χ1n) is 7.18.